The second-order valence-electron chi connectivity index (χ2n) is 5.12. The average Bonchev–Trinajstić information content (AvgIpc) is 2.57. The van der Waals surface area contributed by atoms with Gasteiger partial charge in [-0.1, -0.05) is 11.6 Å². The quantitative estimate of drug-likeness (QED) is 0.552. The van der Waals surface area contributed by atoms with Crippen LogP contribution in [0.3, 0.4) is 0 Å². The van der Waals surface area contributed by atoms with E-state index in [1.54, 1.807) is 42.6 Å². The number of nitrogens with zero attached hydrogens (tertiary/aromatic N) is 1. The van der Waals surface area contributed by atoms with Crippen LogP contribution in [0.15, 0.2) is 65.6 Å². The molecule has 0 atom stereocenters. The monoisotopic (exact) mass is 322 g/mol. The third-order valence-corrected chi connectivity index (χ3v) is 3.87. The fourth-order valence-corrected chi connectivity index (χ4v) is 2.67. The lowest BCUT2D eigenvalue weighted by atomic mass is 10.1. The second-order valence-corrected chi connectivity index (χ2v) is 5.55. The Morgan fingerprint density at radius 1 is 0.913 bits per heavy atom. The molecule has 2 aromatic heterocycles. The van der Waals surface area contributed by atoms with Crippen molar-refractivity contribution in [3.8, 4) is 11.5 Å². The highest BCUT2D eigenvalue weighted by molar-refractivity contribution is 6.30. The first kappa shape index (κ1) is 13.8. The van der Waals surface area contributed by atoms with E-state index >= 15 is 0 Å². The van der Waals surface area contributed by atoms with Crippen LogP contribution in [-0.4, -0.2) is 9.97 Å². The molecule has 0 unspecified atom stereocenters. The van der Waals surface area contributed by atoms with Crippen LogP contribution >= 0.6 is 11.6 Å². The molecule has 0 aliphatic carbocycles. The van der Waals surface area contributed by atoms with Crippen LogP contribution in [0.4, 0.5) is 0 Å². The Bertz CT molecular complexity index is 1070. The van der Waals surface area contributed by atoms with Gasteiger partial charge in [-0.3, -0.25) is 4.79 Å². The van der Waals surface area contributed by atoms with Crippen molar-refractivity contribution in [1.82, 2.24) is 9.97 Å². The predicted octanol–water partition coefficient (Wildman–Crippen LogP) is 4.52. The number of aromatic amines is 1. The molecule has 0 spiro atoms. The van der Waals surface area contributed by atoms with Gasteiger partial charge in [-0.2, -0.15) is 0 Å². The van der Waals surface area contributed by atoms with Crippen LogP contribution in [0, 0.1) is 0 Å². The van der Waals surface area contributed by atoms with Gasteiger partial charge in [0.15, 0.2) is 0 Å². The third kappa shape index (κ3) is 2.53. The molecule has 0 saturated heterocycles. The number of rotatable bonds is 2. The van der Waals surface area contributed by atoms with E-state index in [4.69, 9.17) is 16.3 Å². The van der Waals surface area contributed by atoms with E-state index in [2.05, 4.69) is 9.97 Å². The number of hydrogen-bond donors (Lipinski definition) is 1. The molecule has 2 heterocycles. The van der Waals surface area contributed by atoms with Crippen molar-refractivity contribution in [1.29, 1.82) is 0 Å². The number of H-pyrrole nitrogens is 1. The minimum absolute atomic E-state index is 0.163. The van der Waals surface area contributed by atoms with Gasteiger partial charge >= 0.3 is 0 Å². The highest BCUT2D eigenvalue weighted by Gasteiger charge is 2.07. The van der Waals surface area contributed by atoms with E-state index in [1.165, 1.54) is 0 Å². The Hall–Kier alpha value is -2.85. The first-order valence-corrected chi connectivity index (χ1v) is 7.43. The molecule has 23 heavy (non-hydrogen) atoms. The van der Waals surface area contributed by atoms with E-state index in [1.807, 2.05) is 18.2 Å². The molecular formula is C18H11ClN2O2. The molecule has 5 heteroatoms. The number of fused-ring (bicyclic) bond motifs is 3. The maximum atomic E-state index is 12.1. The largest absolute Gasteiger partial charge is 0.457 e. The van der Waals surface area contributed by atoms with E-state index in [-0.39, 0.29) is 5.56 Å². The molecule has 0 radical (unpaired) electrons. The summed E-state index contributed by atoms with van der Waals surface area (Å²) >= 11 is 5.87. The van der Waals surface area contributed by atoms with Crippen LogP contribution in [0.25, 0.3) is 21.8 Å². The zero-order valence-corrected chi connectivity index (χ0v) is 12.7. The molecule has 0 amide bonds. The van der Waals surface area contributed by atoms with Gasteiger partial charge in [0.25, 0.3) is 5.56 Å². The van der Waals surface area contributed by atoms with Crippen molar-refractivity contribution >= 4 is 33.4 Å². The lowest BCUT2D eigenvalue weighted by Gasteiger charge is -2.08. The molecule has 0 aliphatic rings. The number of halogens is 1. The number of ether oxygens (including phenoxy) is 1. The second kappa shape index (κ2) is 5.41. The van der Waals surface area contributed by atoms with E-state index < -0.39 is 0 Å². The van der Waals surface area contributed by atoms with Crippen molar-refractivity contribution in [2.75, 3.05) is 0 Å². The third-order valence-electron chi connectivity index (χ3n) is 3.61. The summed E-state index contributed by atoms with van der Waals surface area (Å²) in [6.07, 6.45) is 1.65. The Morgan fingerprint density at radius 2 is 1.70 bits per heavy atom. The molecule has 1 N–H and O–H groups in total. The number of benzene rings is 2. The Morgan fingerprint density at radius 3 is 2.52 bits per heavy atom. The topological polar surface area (TPSA) is 55.0 Å². The lowest BCUT2D eigenvalue weighted by Crippen LogP contribution is -2.07. The molecule has 0 fully saturated rings. The van der Waals surface area contributed by atoms with Crippen molar-refractivity contribution in [2.24, 2.45) is 0 Å². The minimum Gasteiger partial charge on any atom is -0.457 e. The molecular weight excluding hydrogens is 312 g/mol. The van der Waals surface area contributed by atoms with Crippen LogP contribution < -0.4 is 10.3 Å². The predicted molar refractivity (Wildman–Crippen MR) is 91.4 cm³/mol. The molecule has 112 valence electrons. The summed E-state index contributed by atoms with van der Waals surface area (Å²) in [6, 6.07) is 16.3. The van der Waals surface area contributed by atoms with Gasteiger partial charge in [0, 0.05) is 27.4 Å². The van der Waals surface area contributed by atoms with E-state index in [0.717, 1.165) is 10.8 Å². The summed E-state index contributed by atoms with van der Waals surface area (Å²) in [4.78, 5) is 19.1. The van der Waals surface area contributed by atoms with Gasteiger partial charge in [-0.05, 0) is 54.6 Å². The summed E-state index contributed by atoms with van der Waals surface area (Å²) in [5.74, 6) is 1.33. The van der Waals surface area contributed by atoms with E-state index in [9.17, 15) is 4.79 Å². The number of nitrogens with one attached hydrogen (secondary N) is 1. The van der Waals surface area contributed by atoms with Crippen LogP contribution in [0.2, 0.25) is 5.02 Å². The Kier molecular flexibility index (Phi) is 3.24. The van der Waals surface area contributed by atoms with Crippen molar-refractivity contribution < 1.29 is 4.74 Å². The number of pyridine rings is 2. The molecule has 4 rings (SSSR count). The summed E-state index contributed by atoms with van der Waals surface area (Å²) in [5.41, 5.74) is 0.401. The Balaban J connectivity index is 1.88. The fraction of sp³-hybridized carbons (Fsp3) is 0. The van der Waals surface area contributed by atoms with Crippen LogP contribution in [-0.2, 0) is 0 Å². The summed E-state index contributed by atoms with van der Waals surface area (Å²) < 4.78 is 5.84. The molecule has 0 saturated carbocycles. The zero-order valence-electron chi connectivity index (χ0n) is 11.9. The molecule has 0 aliphatic heterocycles. The maximum absolute atomic E-state index is 12.1. The van der Waals surface area contributed by atoms with Crippen LogP contribution in [0.1, 0.15) is 0 Å². The lowest BCUT2D eigenvalue weighted by molar-refractivity contribution is 0.483. The van der Waals surface area contributed by atoms with Crippen molar-refractivity contribution in [3.05, 3.63) is 76.2 Å². The summed E-state index contributed by atoms with van der Waals surface area (Å²) in [7, 11) is 0. The molecule has 4 nitrogen and oxygen atoms in total. The maximum Gasteiger partial charge on any atom is 0.257 e. The molecule has 0 bridgehead atoms. The highest BCUT2D eigenvalue weighted by Crippen LogP contribution is 2.28. The average molecular weight is 323 g/mol. The first-order chi connectivity index (χ1) is 11.2. The first-order valence-electron chi connectivity index (χ1n) is 7.05. The normalized spacial score (nSPS) is 11.0. The molecule has 4 aromatic rings. The number of hydrogen-bond acceptors (Lipinski definition) is 3. The van der Waals surface area contributed by atoms with Crippen molar-refractivity contribution in [3.63, 3.8) is 0 Å². The fourth-order valence-electron chi connectivity index (χ4n) is 2.54. The minimum atomic E-state index is -0.163. The zero-order chi connectivity index (χ0) is 15.8. The van der Waals surface area contributed by atoms with Gasteiger partial charge in [-0.25, -0.2) is 4.98 Å². The van der Waals surface area contributed by atoms with Gasteiger partial charge in [-0.15, -0.1) is 0 Å². The van der Waals surface area contributed by atoms with Gasteiger partial charge in [0.1, 0.15) is 17.1 Å². The van der Waals surface area contributed by atoms with E-state index in [0.29, 0.717) is 27.6 Å². The summed E-state index contributed by atoms with van der Waals surface area (Å²) in [5, 5.41) is 2.94. The van der Waals surface area contributed by atoms with Crippen LogP contribution in [0.5, 0.6) is 11.5 Å². The van der Waals surface area contributed by atoms with Gasteiger partial charge in [0.2, 0.25) is 0 Å². The SMILES string of the molecule is O=c1[nH]c2ncccc2c2cc(Oc3ccc(Cl)cc3)ccc12. The Labute approximate surface area is 136 Å². The van der Waals surface area contributed by atoms with Crippen molar-refractivity contribution in [2.45, 2.75) is 0 Å². The molecule has 2 aromatic carbocycles. The van der Waals surface area contributed by atoms with Gasteiger partial charge < -0.3 is 9.72 Å². The standard InChI is InChI=1S/C18H11ClN2O2/c19-11-3-5-12(6-4-11)23-13-7-8-15-16(10-13)14-2-1-9-20-17(14)21-18(15)22/h1-10H,(H,20,21,22). The van der Waals surface area contributed by atoms with Gasteiger partial charge in [0.05, 0.1) is 0 Å². The smallest absolute Gasteiger partial charge is 0.257 e. The number of aromatic nitrogens is 2. The summed E-state index contributed by atoms with van der Waals surface area (Å²) in [6.45, 7) is 0. The highest BCUT2D eigenvalue weighted by atomic mass is 35.5.